The first kappa shape index (κ1) is 16.4. The van der Waals surface area contributed by atoms with E-state index in [1.54, 1.807) is 0 Å². The van der Waals surface area contributed by atoms with E-state index >= 15 is 0 Å². The predicted molar refractivity (Wildman–Crippen MR) is 67.0 cm³/mol. The number of carbonyl (C=O) groups excluding carboxylic acids is 2. The van der Waals surface area contributed by atoms with Gasteiger partial charge in [-0.1, -0.05) is 27.7 Å². The van der Waals surface area contributed by atoms with Gasteiger partial charge >= 0.3 is 12.0 Å². The molecule has 0 saturated carbocycles. The van der Waals surface area contributed by atoms with E-state index in [0.717, 1.165) is 0 Å². The first-order valence-corrected chi connectivity index (χ1v) is 5.94. The van der Waals surface area contributed by atoms with Crippen LogP contribution in [0.3, 0.4) is 0 Å². The van der Waals surface area contributed by atoms with Crippen LogP contribution in [0.2, 0.25) is 0 Å². The Labute approximate surface area is 107 Å². The second kappa shape index (κ2) is 6.98. The molecule has 0 aliphatic carbocycles. The van der Waals surface area contributed by atoms with Crippen LogP contribution in [0, 0.1) is 11.3 Å². The van der Waals surface area contributed by atoms with E-state index in [9.17, 15) is 14.4 Å². The van der Waals surface area contributed by atoms with Crippen LogP contribution in [0.4, 0.5) is 4.79 Å². The van der Waals surface area contributed by atoms with Crippen LogP contribution in [0.25, 0.3) is 0 Å². The molecule has 0 saturated heterocycles. The van der Waals surface area contributed by atoms with Gasteiger partial charge in [-0.25, -0.2) is 4.79 Å². The van der Waals surface area contributed by atoms with Gasteiger partial charge in [0.2, 0.25) is 5.91 Å². The number of rotatable bonds is 6. The average molecular weight is 258 g/mol. The summed E-state index contributed by atoms with van der Waals surface area (Å²) in [5, 5.41) is 13.1. The van der Waals surface area contributed by atoms with E-state index in [1.165, 1.54) is 0 Å². The third-order valence-electron chi connectivity index (χ3n) is 3.09. The summed E-state index contributed by atoms with van der Waals surface area (Å²) in [6.45, 7) is 8.59. The van der Waals surface area contributed by atoms with Crippen LogP contribution in [0.5, 0.6) is 0 Å². The van der Waals surface area contributed by atoms with Crippen molar-refractivity contribution in [2.75, 3.05) is 6.54 Å². The second-order valence-electron chi connectivity index (χ2n) is 5.27. The minimum absolute atomic E-state index is 0.0680. The van der Waals surface area contributed by atoms with E-state index in [4.69, 9.17) is 5.11 Å². The number of amides is 3. The van der Waals surface area contributed by atoms with Crippen molar-refractivity contribution < 1.29 is 19.5 Å². The summed E-state index contributed by atoms with van der Waals surface area (Å²) in [4.78, 5) is 32.8. The van der Waals surface area contributed by atoms with E-state index < -0.39 is 17.9 Å². The van der Waals surface area contributed by atoms with Crippen molar-refractivity contribution in [1.29, 1.82) is 0 Å². The summed E-state index contributed by atoms with van der Waals surface area (Å²) >= 11 is 0. The average Bonchev–Trinajstić information content (AvgIpc) is 2.23. The summed E-state index contributed by atoms with van der Waals surface area (Å²) < 4.78 is 0. The quantitative estimate of drug-likeness (QED) is 0.670. The third-order valence-corrected chi connectivity index (χ3v) is 3.09. The maximum absolute atomic E-state index is 11.4. The van der Waals surface area contributed by atoms with Crippen LogP contribution in [-0.2, 0) is 9.59 Å². The molecule has 0 aromatic rings. The first-order valence-electron chi connectivity index (χ1n) is 5.94. The molecule has 6 heteroatoms. The van der Waals surface area contributed by atoms with Crippen molar-refractivity contribution >= 4 is 17.9 Å². The smallest absolute Gasteiger partial charge is 0.321 e. The molecule has 104 valence electrons. The molecule has 0 heterocycles. The van der Waals surface area contributed by atoms with Gasteiger partial charge in [-0.05, 0) is 11.3 Å². The lowest BCUT2D eigenvalue weighted by atomic mass is 9.81. The lowest BCUT2D eigenvalue weighted by molar-refractivity contribution is -0.138. The SMILES string of the molecule is CC(C)C(C)(C)CNC(=O)NC(=O)CCC(=O)O. The number of urea groups is 1. The summed E-state index contributed by atoms with van der Waals surface area (Å²) in [5.41, 5.74) is -0.0680. The van der Waals surface area contributed by atoms with Crippen molar-refractivity contribution in [3.8, 4) is 0 Å². The number of carboxylic acid groups (broad SMARTS) is 1. The Hall–Kier alpha value is -1.59. The van der Waals surface area contributed by atoms with E-state index in [-0.39, 0.29) is 18.3 Å². The molecule has 18 heavy (non-hydrogen) atoms. The predicted octanol–water partition coefficient (Wildman–Crippen LogP) is 1.36. The van der Waals surface area contributed by atoms with Gasteiger partial charge in [-0.15, -0.1) is 0 Å². The Morgan fingerprint density at radius 3 is 2.17 bits per heavy atom. The Morgan fingerprint density at radius 1 is 1.17 bits per heavy atom. The van der Waals surface area contributed by atoms with Gasteiger partial charge in [-0.2, -0.15) is 0 Å². The number of imide groups is 1. The lowest BCUT2D eigenvalue weighted by Gasteiger charge is -2.29. The molecule has 0 fully saturated rings. The van der Waals surface area contributed by atoms with Crippen molar-refractivity contribution in [3.63, 3.8) is 0 Å². The minimum Gasteiger partial charge on any atom is -0.481 e. The van der Waals surface area contributed by atoms with Gasteiger partial charge in [0, 0.05) is 13.0 Å². The molecule has 3 amide bonds. The maximum Gasteiger partial charge on any atom is 0.321 e. The molecule has 0 radical (unpaired) electrons. The Kier molecular flexibility index (Phi) is 6.36. The molecule has 0 unspecified atom stereocenters. The Balaban J connectivity index is 3.98. The molecule has 0 aromatic carbocycles. The van der Waals surface area contributed by atoms with E-state index in [0.29, 0.717) is 12.5 Å². The first-order chi connectivity index (χ1) is 8.15. The standard InChI is InChI=1S/C12H22N2O4/c1-8(2)12(3,4)7-13-11(18)14-9(15)5-6-10(16)17/h8H,5-7H2,1-4H3,(H,16,17)(H2,13,14,15,18). The maximum atomic E-state index is 11.4. The fourth-order valence-corrected chi connectivity index (χ4v) is 0.966. The highest BCUT2D eigenvalue weighted by atomic mass is 16.4. The van der Waals surface area contributed by atoms with E-state index in [2.05, 4.69) is 24.5 Å². The molecular formula is C12H22N2O4. The minimum atomic E-state index is -1.06. The van der Waals surface area contributed by atoms with Gasteiger partial charge in [0.1, 0.15) is 0 Å². The number of carbonyl (C=O) groups is 3. The molecule has 0 atom stereocenters. The molecule has 0 rings (SSSR count). The molecule has 6 nitrogen and oxygen atoms in total. The molecular weight excluding hydrogens is 236 g/mol. The van der Waals surface area contributed by atoms with Crippen LogP contribution < -0.4 is 10.6 Å². The van der Waals surface area contributed by atoms with Gasteiger partial charge in [0.05, 0.1) is 6.42 Å². The Bertz CT molecular complexity index is 324. The zero-order chi connectivity index (χ0) is 14.3. The number of hydrogen-bond donors (Lipinski definition) is 3. The van der Waals surface area contributed by atoms with Crippen LogP contribution in [0.1, 0.15) is 40.5 Å². The lowest BCUT2D eigenvalue weighted by Crippen LogP contribution is -2.44. The van der Waals surface area contributed by atoms with Gasteiger partial charge in [0.15, 0.2) is 0 Å². The number of nitrogens with one attached hydrogen (secondary N) is 2. The molecule has 0 bridgehead atoms. The van der Waals surface area contributed by atoms with E-state index in [1.807, 2.05) is 13.8 Å². The van der Waals surface area contributed by atoms with Gasteiger partial charge < -0.3 is 10.4 Å². The monoisotopic (exact) mass is 258 g/mol. The number of carboxylic acids is 1. The fourth-order valence-electron chi connectivity index (χ4n) is 0.966. The summed E-state index contributed by atoms with van der Waals surface area (Å²) in [5.74, 6) is -1.26. The third kappa shape index (κ3) is 6.88. The molecule has 0 aromatic heterocycles. The van der Waals surface area contributed by atoms with Gasteiger partial charge in [-0.3, -0.25) is 14.9 Å². The molecule has 0 aliphatic heterocycles. The van der Waals surface area contributed by atoms with Crippen molar-refractivity contribution in [1.82, 2.24) is 10.6 Å². The largest absolute Gasteiger partial charge is 0.481 e. The zero-order valence-electron chi connectivity index (χ0n) is 11.4. The normalized spacial score (nSPS) is 11.2. The van der Waals surface area contributed by atoms with Crippen LogP contribution in [0.15, 0.2) is 0 Å². The Morgan fingerprint density at radius 2 is 1.72 bits per heavy atom. The molecule has 0 spiro atoms. The topological polar surface area (TPSA) is 95.5 Å². The molecule has 3 N–H and O–H groups in total. The fraction of sp³-hybridized carbons (Fsp3) is 0.750. The van der Waals surface area contributed by atoms with Crippen molar-refractivity contribution in [3.05, 3.63) is 0 Å². The number of hydrogen-bond acceptors (Lipinski definition) is 3. The van der Waals surface area contributed by atoms with Crippen molar-refractivity contribution in [2.24, 2.45) is 11.3 Å². The van der Waals surface area contributed by atoms with Crippen molar-refractivity contribution in [2.45, 2.75) is 40.5 Å². The summed E-state index contributed by atoms with van der Waals surface area (Å²) in [6, 6.07) is -0.584. The van der Waals surface area contributed by atoms with Crippen LogP contribution >= 0.6 is 0 Å². The second-order valence-corrected chi connectivity index (χ2v) is 5.27. The highest BCUT2D eigenvalue weighted by Crippen LogP contribution is 2.24. The van der Waals surface area contributed by atoms with Gasteiger partial charge in [0.25, 0.3) is 0 Å². The highest BCUT2D eigenvalue weighted by molar-refractivity contribution is 5.95. The van der Waals surface area contributed by atoms with Crippen LogP contribution in [-0.4, -0.2) is 29.6 Å². The highest BCUT2D eigenvalue weighted by Gasteiger charge is 2.23. The molecule has 0 aliphatic rings. The number of aliphatic carboxylic acids is 1. The summed E-state index contributed by atoms with van der Waals surface area (Å²) in [6.07, 6.45) is -0.479. The summed E-state index contributed by atoms with van der Waals surface area (Å²) in [7, 11) is 0. The zero-order valence-corrected chi connectivity index (χ0v) is 11.4.